The number of halogens is 3. The van der Waals surface area contributed by atoms with Gasteiger partial charge in [0.05, 0.1) is 0 Å². The van der Waals surface area contributed by atoms with E-state index in [-0.39, 0.29) is 18.1 Å². The van der Waals surface area contributed by atoms with E-state index in [0.29, 0.717) is 30.9 Å². The third-order valence-electron chi connectivity index (χ3n) is 4.36. The highest BCUT2D eigenvalue weighted by molar-refractivity contribution is 5.76. The Morgan fingerprint density at radius 3 is 2.52 bits per heavy atom. The van der Waals surface area contributed by atoms with Gasteiger partial charge in [-0.05, 0) is 25.8 Å². The molecule has 3 rings (SSSR count). The molecule has 1 amide bonds. The topological polar surface area (TPSA) is 75.4 Å². The lowest BCUT2D eigenvalue weighted by Gasteiger charge is -2.27. The van der Waals surface area contributed by atoms with Crippen molar-refractivity contribution in [2.75, 3.05) is 26.2 Å². The summed E-state index contributed by atoms with van der Waals surface area (Å²) in [7, 11) is 0. The first kappa shape index (κ1) is 17.6. The van der Waals surface area contributed by atoms with Crippen LogP contribution in [0.15, 0.2) is 0 Å². The zero-order valence-corrected chi connectivity index (χ0v) is 14.0. The SMILES string of the molecule is Cc1nc2nc(C(F)(F)F)nn2c(C)c1CCC(=O)N1CCNCC1. The average Bonchev–Trinajstić information content (AvgIpc) is 2.99. The van der Waals surface area contributed by atoms with Crippen molar-refractivity contribution in [1.29, 1.82) is 0 Å². The van der Waals surface area contributed by atoms with Crippen molar-refractivity contribution < 1.29 is 18.0 Å². The maximum Gasteiger partial charge on any atom is 0.453 e. The summed E-state index contributed by atoms with van der Waals surface area (Å²) < 4.78 is 39.5. The first-order chi connectivity index (χ1) is 11.8. The Hall–Kier alpha value is -2.23. The van der Waals surface area contributed by atoms with Gasteiger partial charge in [-0.2, -0.15) is 18.2 Å². The second-order valence-corrected chi connectivity index (χ2v) is 6.04. The number of carbonyl (C=O) groups is 1. The van der Waals surface area contributed by atoms with Crippen molar-refractivity contribution in [3.63, 3.8) is 0 Å². The van der Waals surface area contributed by atoms with Gasteiger partial charge in [0.15, 0.2) is 0 Å². The van der Waals surface area contributed by atoms with Gasteiger partial charge in [-0.3, -0.25) is 4.79 Å². The van der Waals surface area contributed by atoms with Crippen LogP contribution < -0.4 is 5.32 Å². The van der Waals surface area contributed by atoms with Crippen LogP contribution in [0.25, 0.3) is 5.78 Å². The molecule has 10 heteroatoms. The van der Waals surface area contributed by atoms with Crippen LogP contribution in [0.1, 0.15) is 29.2 Å². The zero-order valence-electron chi connectivity index (χ0n) is 14.0. The Balaban J connectivity index is 1.82. The van der Waals surface area contributed by atoms with Gasteiger partial charge in [-0.25, -0.2) is 9.50 Å². The van der Waals surface area contributed by atoms with Gasteiger partial charge in [0.2, 0.25) is 5.91 Å². The third-order valence-corrected chi connectivity index (χ3v) is 4.36. The molecule has 0 aromatic carbocycles. The molecule has 25 heavy (non-hydrogen) atoms. The molecule has 0 saturated carbocycles. The molecule has 1 aliphatic heterocycles. The number of amides is 1. The lowest BCUT2D eigenvalue weighted by molar-refractivity contribution is -0.144. The molecule has 2 aromatic heterocycles. The molecule has 0 atom stereocenters. The van der Waals surface area contributed by atoms with Gasteiger partial charge in [0.25, 0.3) is 11.6 Å². The number of piperazine rings is 1. The minimum absolute atomic E-state index is 0.0370. The first-order valence-corrected chi connectivity index (χ1v) is 8.06. The summed E-state index contributed by atoms with van der Waals surface area (Å²) in [6.45, 7) is 6.27. The molecule has 0 unspecified atom stereocenters. The van der Waals surface area contributed by atoms with Crippen LogP contribution >= 0.6 is 0 Å². The summed E-state index contributed by atoms with van der Waals surface area (Å²) in [5, 5.41) is 6.70. The second-order valence-electron chi connectivity index (χ2n) is 6.04. The van der Waals surface area contributed by atoms with E-state index >= 15 is 0 Å². The van der Waals surface area contributed by atoms with Crippen molar-refractivity contribution in [3.05, 3.63) is 22.8 Å². The fourth-order valence-electron chi connectivity index (χ4n) is 2.99. The highest BCUT2D eigenvalue weighted by Crippen LogP contribution is 2.27. The largest absolute Gasteiger partial charge is 0.453 e. The molecule has 136 valence electrons. The van der Waals surface area contributed by atoms with Gasteiger partial charge < -0.3 is 10.2 Å². The predicted octanol–water partition coefficient (Wildman–Crippen LogP) is 1.12. The number of fused-ring (bicyclic) bond motifs is 1. The second kappa shape index (κ2) is 6.58. The number of hydrogen-bond acceptors (Lipinski definition) is 5. The van der Waals surface area contributed by atoms with Crippen LogP contribution in [0.4, 0.5) is 13.2 Å². The zero-order chi connectivity index (χ0) is 18.2. The fourth-order valence-corrected chi connectivity index (χ4v) is 2.99. The summed E-state index contributed by atoms with van der Waals surface area (Å²) in [6, 6.07) is 0. The van der Waals surface area contributed by atoms with E-state index in [1.807, 2.05) is 0 Å². The summed E-state index contributed by atoms with van der Waals surface area (Å²) in [6.07, 6.45) is -3.92. The number of nitrogens with one attached hydrogen (secondary N) is 1. The lowest BCUT2D eigenvalue weighted by atomic mass is 10.1. The quantitative estimate of drug-likeness (QED) is 0.892. The molecule has 1 fully saturated rings. The maximum atomic E-state index is 12.8. The number of alkyl halides is 3. The van der Waals surface area contributed by atoms with E-state index in [4.69, 9.17) is 0 Å². The van der Waals surface area contributed by atoms with Crippen molar-refractivity contribution >= 4 is 11.7 Å². The smallest absolute Gasteiger partial charge is 0.340 e. The molecule has 1 aliphatic rings. The van der Waals surface area contributed by atoms with Crippen molar-refractivity contribution in [3.8, 4) is 0 Å². The fraction of sp³-hybridized carbons (Fsp3) is 0.600. The average molecular weight is 356 g/mol. The Morgan fingerprint density at radius 1 is 1.20 bits per heavy atom. The molecule has 3 heterocycles. The van der Waals surface area contributed by atoms with Crippen LogP contribution in [0.5, 0.6) is 0 Å². The molecule has 2 aromatic rings. The summed E-state index contributed by atoms with van der Waals surface area (Å²) in [4.78, 5) is 21.6. The number of hydrogen-bond donors (Lipinski definition) is 1. The van der Waals surface area contributed by atoms with E-state index < -0.39 is 12.0 Å². The van der Waals surface area contributed by atoms with E-state index in [0.717, 1.165) is 23.2 Å². The van der Waals surface area contributed by atoms with Crippen LogP contribution in [0.2, 0.25) is 0 Å². The monoisotopic (exact) mass is 356 g/mol. The Bertz CT molecular complexity index is 795. The van der Waals surface area contributed by atoms with E-state index in [1.165, 1.54) is 0 Å². The maximum absolute atomic E-state index is 12.8. The lowest BCUT2D eigenvalue weighted by Crippen LogP contribution is -2.46. The molecule has 0 bridgehead atoms. The molecular weight excluding hydrogens is 337 g/mol. The van der Waals surface area contributed by atoms with Crippen molar-refractivity contribution in [1.82, 2.24) is 29.8 Å². The minimum Gasteiger partial charge on any atom is -0.340 e. The van der Waals surface area contributed by atoms with Crippen LogP contribution in [0, 0.1) is 13.8 Å². The van der Waals surface area contributed by atoms with Crippen molar-refractivity contribution in [2.24, 2.45) is 0 Å². The molecular formula is C15H19F3N6O. The van der Waals surface area contributed by atoms with Crippen molar-refractivity contribution in [2.45, 2.75) is 32.9 Å². The Labute approximate surface area is 142 Å². The summed E-state index contributed by atoms with van der Waals surface area (Å²) >= 11 is 0. The Kier molecular flexibility index (Phi) is 4.63. The van der Waals surface area contributed by atoms with Gasteiger partial charge in [-0.15, -0.1) is 5.10 Å². The van der Waals surface area contributed by atoms with Crippen LogP contribution in [0.3, 0.4) is 0 Å². The molecule has 0 spiro atoms. The van der Waals surface area contributed by atoms with E-state index in [1.54, 1.807) is 18.7 Å². The first-order valence-electron chi connectivity index (χ1n) is 8.06. The van der Waals surface area contributed by atoms with Gasteiger partial charge in [-0.1, -0.05) is 0 Å². The predicted molar refractivity (Wildman–Crippen MR) is 83.0 cm³/mol. The van der Waals surface area contributed by atoms with Gasteiger partial charge in [0.1, 0.15) is 0 Å². The Morgan fingerprint density at radius 2 is 1.88 bits per heavy atom. The molecule has 7 nitrogen and oxygen atoms in total. The van der Waals surface area contributed by atoms with Gasteiger partial charge in [0, 0.05) is 44.0 Å². The normalized spacial score (nSPS) is 15.8. The van der Waals surface area contributed by atoms with Gasteiger partial charge >= 0.3 is 6.18 Å². The molecule has 1 saturated heterocycles. The number of carbonyl (C=O) groups excluding carboxylic acids is 1. The summed E-state index contributed by atoms with van der Waals surface area (Å²) in [5.74, 6) is -1.26. The van der Waals surface area contributed by atoms with Crippen LogP contribution in [-0.4, -0.2) is 56.6 Å². The molecule has 0 radical (unpaired) electrons. The van der Waals surface area contributed by atoms with E-state index in [9.17, 15) is 18.0 Å². The third kappa shape index (κ3) is 3.58. The highest BCUT2D eigenvalue weighted by atomic mass is 19.4. The van der Waals surface area contributed by atoms with Crippen LogP contribution in [-0.2, 0) is 17.4 Å². The number of nitrogens with zero attached hydrogens (tertiary/aromatic N) is 5. The highest BCUT2D eigenvalue weighted by Gasteiger charge is 2.37. The summed E-state index contributed by atoms with van der Waals surface area (Å²) in [5.41, 5.74) is 1.83. The molecule has 1 N–H and O–H groups in total. The number of rotatable bonds is 3. The number of aryl methyl sites for hydroxylation is 2. The van der Waals surface area contributed by atoms with E-state index in [2.05, 4.69) is 20.4 Å². The standard InChI is InChI=1S/C15H19F3N6O/c1-9-11(3-4-12(25)23-7-5-19-6-8-23)10(2)24-14(20-9)21-13(22-24)15(16,17)18/h19H,3-8H2,1-2H3. The minimum atomic E-state index is -4.62. The number of aromatic nitrogens is 4. The molecule has 0 aliphatic carbocycles.